The molecule has 0 atom stereocenters. The Labute approximate surface area is 157 Å². The second kappa shape index (κ2) is 7.08. The highest BCUT2D eigenvalue weighted by Crippen LogP contribution is 2.31. The van der Waals surface area contributed by atoms with Crippen LogP contribution in [0.2, 0.25) is 0 Å². The van der Waals surface area contributed by atoms with Gasteiger partial charge >= 0.3 is 0 Å². The first-order valence-electron chi connectivity index (χ1n) is 8.70. The van der Waals surface area contributed by atoms with Crippen molar-refractivity contribution < 1.29 is 13.9 Å². The lowest BCUT2D eigenvalue weighted by Gasteiger charge is -2.18. The van der Waals surface area contributed by atoms with Crippen molar-refractivity contribution in [2.45, 2.75) is 6.92 Å². The summed E-state index contributed by atoms with van der Waals surface area (Å²) in [7, 11) is 0. The first kappa shape index (κ1) is 17.0. The summed E-state index contributed by atoms with van der Waals surface area (Å²) in [6, 6.07) is 19.9. The van der Waals surface area contributed by atoms with Gasteiger partial charge in [-0.1, -0.05) is 35.9 Å². The Hall–Kier alpha value is -3.40. The van der Waals surface area contributed by atoms with Crippen LogP contribution in [-0.4, -0.2) is 12.5 Å². The van der Waals surface area contributed by atoms with Crippen molar-refractivity contribution in [1.82, 2.24) is 0 Å². The van der Waals surface area contributed by atoms with Gasteiger partial charge in [0, 0.05) is 11.3 Å². The second-order valence-corrected chi connectivity index (χ2v) is 6.54. The zero-order valence-corrected chi connectivity index (χ0v) is 14.8. The first-order valence-corrected chi connectivity index (χ1v) is 8.70. The number of benzene rings is 3. The average Bonchev–Trinajstić information content (AvgIpc) is 2.69. The van der Waals surface area contributed by atoms with Gasteiger partial charge in [0.25, 0.3) is 5.91 Å². The predicted octanol–water partition coefficient (Wildman–Crippen LogP) is 5.22. The number of hydrogen-bond donors (Lipinski definition) is 1. The molecule has 3 aromatic carbocycles. The fourth-order valence-electron chi connectivity index (χ4n) is 2.98. The Kier molecular flexibility index (Phi) is 4.47. The lowest BCUT2D eigenvalue weighted by Crippen LogP contribution is -2.21. The third-order valence-corrected chi connectivity index (χ3v) is 4.50. The minimum absolute atomic E-state index is 0.198. The van der Waals surface area contributed by atoms with E-state index in [1.165, 1.54) is 29.8 Å². The first-order chi connectivity index (χ1) is 13.1. The van der Waals surface area contributed by atoms with E-state index in [0.29, 0.717) is 11.3 Å². The van der Waals surface area contributed by atoms with Gasteiger partial charge in [-0.3, -0.25) is 4.79 Å². The van der Waals surface area contributed by atoms with Crippen molar-refractivity contribution in [2.75, 3.05) is 11.9 Å². The number of nitrogens with one attached hydrogen (secondary N) is 1. The standard InChI is InChI=1S/C23H18FNO2/c1-15-2-4-16(5-3-15)17-6-11-22-18(12-17)13-19(14-27-22)23(26)25-21-9-7-20(24)8-10-21/h2-13H,14H2,1H3,(H,25,26). The molecule has 134 valence electrons. The summed E-state index contributed by atoms with van der Waals surface area (Å²) in [5, 5.41) is 2.77. The molecular weight excluding hydrogens is 341 g/mol. The van der Waals surface area contributed by atoms with E-state index in [0.717, 1.165) is 22.4 Å². The second-order valence-electron chi connectivity index (χ2n) is 6.54. The quantitative estimate of drug-likeness (QED) is 0.697. The molecule has 0 aromatic heterocycles. The summed E-state index contributed by atoms with van der Waals surface area (Å²) in [6.45, 7) is 2.25. The van der Waals surface area contributed by atoms with Gasteiger partial charge in [0.1, 0.15) is 18.2 Å². The predicted molar refractivity (Wildman–Crippen MR) is 105 cm³/mol. The molecule has 3 aromatic rings. The van der Waals surface area contributed by atoms with Gasteiger partial charge in [-0.25, -0.2) is 4.39 Å². The Morgan fingerprint density at radius 1 is 0.963 bits per heavy atom. The van der Waals surface area contributed by atoms with Gasteiger partial charge in [0.2, 0.25) is 0 Å². The normalized spacial score (nSPS) is 12.6. The third-order valence-electron chi connectivity index (χ3n) is 4.50. The highest BCUT2D eigenvalue weighted by Gasteiger charge is 2.18. The number of anilines is 1. The Morgan fingerprint density at radius 3 is 2.41 bits per heavy atom. The van der Waals surface area contributed by atoms with E-state index < -0.39 is 0 Å². The summed E-state index contributed by atoms with van der Waals surface area (Å²) in [5.74, 6) is 0.156. The van der Waals surface area contributed by atoms with Gasteiger partial charge in [0.05, 0.1) is 5.57 Å². The number of aryl methyl sites for hydroxylation is 1. The molecule has 3 nitrogen and oxygen atoms in total. The number of amides is 1. The van der Waals surface area contributed by atoms with E-state index in [-0.39, 0.29) is 18.3 Å². The minimum Gasteiger partial charge on any atom is -0.488 e. The highest BCUT2D eigenvalue weighted by molar-refractivity contribution is 6.07. The SMILES string of the molecule is Cc1ccc(-c2ccc3c(c2)C=C(C(=O)Nc2ccc(F)cc2)CO3)cc1. The van der Waals surface area contributed by atoms with Crippen molar-refractivity contribution in [3.8, 4) is 16.9 Å². The molecule has 0 unspecified atom stereocenters. The molecule has 0 spiro atoms. The van der Waals surface area contributed by atoms with Crippen LogP contribution in [0.4, 0.5) is 10.1 Å². The van der Waals surface area contributed by atoms with Crippen molar-refractivity contribution >= 4 is 17.7 Å². The lowest BCUT2D eigenvalue weighted by atomic mass is 9.99. The summed E-state index contributed by atoms with van der Waals surface area (Å²) in [5.41, 5.74) is 5.31. The zero-order chi connectivity index (χ0) is 18.8. The molecule has 27 heavy (non-hydrogen) atoms. The molecule has 0 saturated carbocycles. The number of halogens is 1. The summed E-state index contributed by atoms with van der Waals surface area (Å²) >= 11 is 0. The molecule has 1 heterocycles. The fraction of sp³-hybridized carbons (Fsp3) is 0.0870. The Morgan fingerprint density at radius 2 is 1.67 bits per heavy atom. The van der Waals surface area contributed by atoms with Gasteiger partial charge in [-0.2, -0.15) is 0 Å². The van der Waals surface area contributed by atoms with Crippen molar-refractivity contribution in [3.63, 3.8) is 0 Å². The van der Waals surface area contributed by atoms with E-state index in [1.807, 2.05) is 24.3 Å². The maximum atomic E-state index is 13.0. The maximum Gasteiger partial charge on any atom is 0.255 e. The summed E-state index contributed by atoms with van der Waals surface area (Å²) < 4.78 is 18.7. The average molecular weight is 359 g/mol. The van der Waals surface area contributed by atoms with E-state index >= 15 is 0 Å². The lowest BCUT2D eigenvalue weighted by molar-refractivity contribution is -0.113. The van der Waals surface area contributed by atoms with Crippen molar-refractivity contribution in [1.29, 1.82) is 0 Å². The summed E-state index contributed by atoms with van der Waals surface area (Å²) in [4.78, 5) is 12.5. The smallest absolute Gasteiger partial charge is 0.255 e. The van der Waals surface area contributed by atoms with Crippen molar-refractivity contribution in [2.24, 2.45) is 0 Å². The van der Waals surface area contributed by atoms with Gasteiger partial charge < -0.3 is 10.1 Å². The highest BCUT2D eigenvalue weighted by atomic mass is 19.1. The van der Waals surface area contributed by atoms with Crippen LogP contribution in [0.5, 0.6) is 5.75 Å². The molecule has 0 saturated heterocycles. The van der Waals surface area contributed by atoms with Crippen LogP contribution in [-0.2, 0) is 4.79 Å². The number of hydrogen-bond acceptors (Lipinski definition) is 2. The molecule has 4 heteroatoms. The number of carbonyl (C=O) groups excluding carboxylic acids is 1. The van der Waals surface area contributed by atoms with Crippen LogP contribution in [0.3, 0.4) is 0 Å². The molecule has 1 amide bonds. The Balaban J connectivity index is 1.59. The topological polar surface area (TPSA) is 38.3 Å². The summed E-state index contributed by atoms with van der Waals surface area (Å²) in [6.07, 6.45) is 1.84. The van der Waals surface area contributed by atoms with Crippen LogP contribution in [0.25, 0.3) is 17.2 Å². The van der Waals surface area contributed by atoms with Crippen LogP contribution in [0, 0.1) is 12.7 Å². The van der Waals surface area contributed by atoms with Crippen LogP contribution >= 0.6 is 0 Å². The van der Waals surface area contributed by atoms with E-state index in [1.54, 1.807) is 0 Å². The minimum atomic E-state index is -0.342. The largest absolute Gasteiger partial charge is 0.488 e. The van der Waals surface area contributed by atoms with Crippen LogP contribution in [0.1, 0.15) is 11.1 Å². The molecule has 0 aliphatic carbocycles. The van der Waals surface area contributed by atoms with E-state index in [4.69, 9.17) is 4.74 Å². The molecule has 1 aliphatic heterocycles. The molecule has 0 bridgehead atoms. The van der Waals surface area contributed by atoms with E-state index in [2.05, 4.69) is 36.5 Å². The van der Waals surface area contributed by atoms with Crippen LogP contribution < -0.4 is 10.1 Å². The molecule has 0 radical (unpaired) electrons. The van der Waals surface area contributed by atoms with Gasteiger partial charge in [-0.05, 0) is 60.5 Å². The molecule has 4 rings (SSSR count). The molecular formula is C23H18FNO2. The Bertz CT molecular complexity index is 1020. The van der Waals surface area contributed by atoms with Gasteiger partial charge in [0.15, 0.2) is 0 Å². The number of rotatable bonds is 3. The monoisotopic (exact) mass is 359 g/mol. The molecule has 1 N–H and O–H groups in total. The van der Waals surface area contributed by atoms with Crippen molar-refractivity contribution in [3.05, 3.63) is 89.2 Å². The molecule has 1 aliphatic rings. The maximum absolute atomic E-state index is 13.0. The molecule has 0 fully saturated rings. The fourth-order valence-corrected chi connectivity index (χ4v) is 2.98. The van der Waals surface area contributed by atoms with Crippen LogP contribution in [0.15, 0.2) is 72.3 Å². The zero-order valence-electron chi connectivity index (χ0n) is 14.8. The number of fused-ring (bicyclic) bond motifs is 1. The van der Waals surface area contributed by atoms with Gasteiger partial charge in [-0.15, -0.1) is 0 Å². The third kappa shape index (κ3) is 3.75. The van der Waals surface area contributed by atoms with E-state index in [9.17, 15) is 9.18 Å². The number of carbonyl (C=O) groups is 1. The number of ether oxygens (including phenoxy) is 1.